The minimum absolute atomic E-state index is 0.144. The number of carbonyl (C=O) groups excluding carboxylic acids is 1. The van der Waals surface area contributed by atoms with Crippen LogP contribution < -0.4 is 14.8 Å². The molecule has 1 amide bonds. The number of hydrogen-bond donors (Lipinski definition) is 2. The van der Waals surface area contributed by atoms with Crippen molar-refractivity contribution in [2.45, 2.75) is 0 Å². The summed E-state index contributed by atoms with van der Waals surface area (Å²) in [5.41, 5.74) is 1.21. The highest BCUT2D eigenvalue weighted by Crippen LogP contribution is 2.31. The third-order valence-electron chi connectivity index (χ3n) is 4.69. The number of amides is 1. The van der Waals surface area contributed by atoms with Crippen LogP contribution in [0.4, 0.5) is 11.4 Å². The molecule has 3 aromatic carbocycles. The Morgan fingerprint density at radius 3 is 2.38 bits per heavy atom. The number of non-ortho nitro benzene ring substituents is 1. The second kappa shape index (κ2) is 9.82. The summed E-state index contributed by atoms with van der Waals surface area (Å²) >= 11 is 12.0. The van der Waals surface area contributed by atoms with Crippen LogP contribution in [0, 0.1) is 10.1 Å². The van der Waals surface area contributed by atoms with Gasteiger partial charge in [0.1, 0.15) is 22.9 Å². The number of aromatic amines is 1. The fourth-order valence-corrected chi connectivity index (χ4v) is 3.34. The van der Waals surface area contributed by atoms with Crippen LogP contribution in [0.3, 0.4) is 0 Å². The van der Waals surface area contributed by atoms with E-state index in [0.29, 0.717) is 32.8 Å². The molecule has 172 valence electrons. The van der Waals surface area contributed by atoms with Crippen molar-refractivity contribution in [1.29, 1.82) is 0 Å². The Labute approximate surface area is 203 Å². The molecule has 0 aliphatic heterocycles. The Kier molecular flexibility index (Phi) is 6.67. The molecule has 9 nitrogen and oxygen atoms in total. The summed E-state index contributed by atoms with van der Waals surface area (Å²) in [6.45, 7) is 0. The Balaban J connectivity index is 1.55. The third-order valence-corrected chi connectivity index (χ3v) is 5.43. The minimum Gasteiger partial charge on any atom is -0.497 e. The number of nitrogens with zero attached hydrogens (tertiary/aromatic N) is 2. The molecule has 2 N–H and O–H groups in total. The highest BCUT2D eigenvalue weighted by atomic mass is 35.5. The number of H-pyrrole nitrogens is 1. The Hall–Kier alpha value is -4.08. The number of ether oxygens (including phenoxy) is 2. The summed E-state index contributed by atoms with van der Waals surface area (Å²) in [6, 6.07) is 17.2. The lowest BCUT2D eigenvalue weighted by atomic mass is 10.1. The van der Waals surface area contributed by atoms with E-state index in [9.17, 15) is 14.9 Å². The van der Waals surface area contributed by atoms with Crippen molar-refractivity contribution >= 4 is 40.5 Å². The van der Waals surface area contributed by atoms with Gasteiger partial charge in [-0.3, -0.25) is 20.0 Å². The first kappa shape index (κ1) is 23.1. The predicted octanol–water partition coefficient (Wildman–Crippen LogP) is 6.34. The van der Waals surface area contributed by atoms with E-state index in [0.717, 1.165) is 0 Å². The molecule has 4 rings (SSSR count). The first-order valence-corrected chi connectivity index (χ1v) is 10.5. The Morgan fingerprint density at radius 2 is 1.71 bits per heavy atom. The van der Waals surface area contributed by atoms with Gasteiger partial charge < -0.3 is 14.8 Å². The second-order valence-corrected chi connectivity index (χ2v) is 7.81. The molecule has 0 saturated carbocycles. The monoisotopic (exact) mass is 498 g/mol. The maximum Gasteiger partial charge on any atom is 0.275 e. The first-order chi connectivity index (χ1) is 16.3. The lowest BCUT2D eigenvalue weighted by molar-refractivity contribution is -0.384. The van der Waals surface area contributed by atoms with Gasteiger partial charge in [0.15, 0.2) is 0 Å². The molecule has 0 atom stereocenters. The number of carbonyl (C=O) groups is 1. The quantitative estimate of drug-likeness (QED) is 0.226. The van der Waals surface area contributed by atoms with Crippen LogP contribution >= 0.6 is 23.2 Å². The zero-order valence-corrected chi connectivity index (χ0v) is 19.1. The third kappa shape index (κ3) is 5.28. The molecule has 0 spiro atoms. The normalized spacial score (nSPS) is 10.6. The molecular formula is C23H16Cl2N4O5. The fourth-order valence-electron chi connectivity index (χ4n) is 3.04. The maximum absolute atomic E-state index is 12.7. The van der Waals surface area contributed by atoms with Crippen molar-refractivity contribution in [2.24, 2.45) is 0 Å². The maximum atomic E-state index is 12.7. The zero-order valence-electron chi connectivity index (χ0n) is 17.5. The summed E-state index contributed by atoms with van der Waals surface area (Å²) < 4.78 is 10.8. The lowest BCUT2D eigenvalue weighted by Gasteiger charge is -2.09. The number of anilines is 1. The van der Waals surface area contributed by atoms with E-state index in [1.807, 2.05) is 0 Å². The van der Waals surface area contributed by atoms with Crippen molar-refractivity contribution < 1.29 is 19.2 Å². The van der Waals surface area contributed by atoms with Gasteiger partial charge in [0.2, 0.25) is 0 Å². The number of aromatic nitrogens is 2. The van der Waals surface area contributed by atoms with Crippen LogP contribution in [0.25, 0.3) is 11.3 Å². The second-order valence-electron chi connectivity index (χ2n) is 7.00. The van der Waals surface area contributed by atoms with E-state index in [-0.39, 0.29) is 22.8 Å². The number of nitrogens with one attached hydrogen (secondary N) is 2. The predicted molar refractivity (Wildman–Crippen MR) is 128 cm³/mol. The number of nitro benzene ring substituents is 1. The van der Waals surface area contributed by atoms with Crippen molar-refractivity contribution in [2.75, 3.05) is 12.4 Å². The molecule has 0 aliphatic rings. The molecule has 4 aromatic rings. The van der Waals surface area contributed by atoms with E-state index in [1.54, 1.807) is 49.6 Å². The largest absolute Gasteiger partial charge is 0.497 e. The molecule has 0 unspecified atom stereocenters. The topological polar surface area (TPSA) is 119 Å². The number of methoxy groups -OCH3 is 1. The van der Waals surface area contributed by atoms with Crippen molar-refractivity contribution in [3.05, 3.63) is 92.6 Å². The van der Waals surface area contributed by atoms with E-state index < -0.39 is 10.8 Å². The molecule has 1 heterocycles. The van der Waals surface area contributed by atoms with Crippen LogP contribution in [-0.4, -0.2) is 28.1 Å². The summed E-state index contributed by atoms with van der Waals surface area (Å²) in [7, 11) is 1.54. The smallest absolute Gasteiger partial charge is 0.275 e. The average Bonchev–Trinajstić information content (AvgIpc) is 3.32. The molecule has 1 aromatic heterocycles. The van der Waals surface area contributed by atoms with Gasteiger partial charge in [0.05, 0.1) is 39.5 Å². The minimum atomic E-state index is -0.574. The van der Waals surface area contributed by atoms with Gasteiger partial charge in [0, 0.05) is 17.7 Å². The van der Waals surface area contributed by atoms with Gasteiger partial charge in [-0.15, -0.1) is 0 Å². The summed E-state index contributed by atoms with van der Waals surface area (Å²) in [4.78, 5) is 23.6. The van der Waals surface area contributed by atoms with Crippen molar-refractivity contribution in [3.63, 3.8) is 0 Å². The fraction of sp³-hybridized carbons (Fsp3) is 0.0435. The number of benzene rings is 3. The summed E-state index contributed by atoms with van der Waals surface area (Å²) in [5.74, 6) is 0.711. The molecule has 34 heavy (non-hydrogen) atoms. The lowest BCUT2D eigenvalue weighted by Crippen LogP contribution is -2.12. The molecule has 0 saturated heterocycles. The molecule has 0 radical (unpaired) electrons. The van der Waals surface area contributed by atoms with Crippen LogP contribution in [0.15, 0.2) is 66.7 Å². The van der Waals surface area contributed by atoms with E-state index in [4.69, 9.17) is 32.7 Å². The highest BCUT2D eigenvalue weighted by Gasteiger charge is 2.16. The van der Waals surface area contributed by atoms with Gasteiger partial charge >= 0.3 is 0 Å². The molecule has 11 heteroatoms. The van der Waals surface area contributed by atoms with Crippen LogP contribution in [0.2, 0.25) is 10.0 Å². The highest BCUT2D eigenvalue weighted by molar-refractivity contribution is 6.42. The first-order valence-electron chi connectivity index (χ1n) is 9.76. The molecular weight excluding hydrogens is 483 g/mol. The summed E-state index contributed by atoms with van der Waals surface area (Å²) in [6.07, 6.45) is 0. The van der Waals surface area contributed by atoms with Gasteiger partial charge in [-0.1, -0.05) is 29.3 Å². The number of hydrogen-bond acceptors (Lipinski definition) is 6. The van der Waals surface area contributed by atoms with Crippen LogP contribution in [0.1, 0.15) is 10.5 Å². The molecule has 0 fully saturated rings. The Morgan fingerprint density at radius 1 is 0.971 bits per heavy atom. The summed E-state index contributed by atoms with van der Waals surface area (Å²) in [5, 5.41) is 21.5. The van der Waals surface area contributed by atoms with Gasteiger partial charge in [0.25, 0.3) is 11.6 Å². The standard InChI is InChI=1S/C23H16Cl2N4O5/c1-33-16-3-5-17(6-4-16)34-18-10-14(9-15(11-18)29(31)32)26-23(30)22-12-21(27-28-22)13-2-7-19(24)20(25)8-13/h2-12H,1H3,(H,26,30)(H,27,28). The van der Waals surface area contributed by atoms with E-state index >= 15 is 0 Å². The van der Waals surface area contributed by atoms with Crippen molar-refractivity contribution in [1.82, 2.24) is 10.2 Å². The Bertz CT molecular complexity index is 1370. The number of nitro groups is 1. The van der Waals surface area contributed by atoms with E-state index in [1.165, 1.54) is 24.3 Å². The number of rotatable bonds is 7. The van der Waals surface area contributed by atoms with Crippen LogP contribution in [-0.2, 0) is 0 Å². The van der Waals surface area contributed by atoms with Gasteiger partial charge in [-0.2, -0.15) is 5.10 Å². The molecule has 0 aliphatic carbocycles. The number of halogens is 2. The van der Waals surface area contributed by atoms with E-state index in [2.05, 4.69) is 15.5 Å². The van der Waals surface area contributed by atoms with Gasteiger partial charge in [-0.05, 0) is 42.5 Å². The zero-order chi connectivity index (χ0) is 24.2. The SMILES string of the molecule is COc1ccc(Oc2cc(NC(=O)c3cc(-c4ccc(Cl)c(Cl)c4)n[nH]3)cc([N+](=O)[O-])c2)cc1. The average molecular weight is 499 g/mol. The molecule has 0 bridgehead atoms. The van der Waals surface area contributed by atoms with Gasteiger partial charge in [-0.25, -0.2) is 0 Å². The van der Waals surface area contributed by atoms with Crippen LogP contribution in [0.5, 0.6) is 17.2 Å². The van der Waals surface area contributed by atoms with Crippen molar-refractivity contribution in [3.8, 4) is 28.5 Å².